The number of hydrogen-bond donors (Lipinski definition) is 0. The standard InChI is InChI=1S/C27H46/c1-7-9-19(4)22-10-11-23-21-17-20(8-2)25-16-18(3)12-14-27(25,6)24(21)13-15-26(22,23)5/h8,18-19,21-25H,7,9-17H2,1-6H3/t18?,19-,21?,22-,23?,24?,25+,26-,27-/m1/s1. The zero-order chi connectivity index (χ0) is 19.4. The Bertz CT molecular complexity index is 573. The summed E-state index contributed by atoms with van der Waals surface area (Å²) in [5.74, 6) is 6.77. The molecule has 154 valence electrons. The molecule has 4 fully saturated rings. The first-order chi connectivity index (χ1) is 12.8. The van der Waals surface area contributed by atoms with Gasteiger partial charge in [0, 0.05) is 0 Å². The molecule has 0 aromatic rings. The van der Waals surface area contributed by atoms with Crippen LogP contribution < -0.4 is 0 Å². The van der Waals surface area contributed by atoms with E-state index in [0.717, 1.165) is 41.4 Å². The van der Waals surface area contributed by atoms with E-state index in [0.29, 0.717) is 10.8 Å². The van der Waals surface area contributed by atoms with Crippen molar-refractivity contribution in [2.45, 2.75) is 106 Å². The summed E-state index contributed by atoms with van der Waals surface area (Å²) in [5.41, 5.74) is 3.10. The fraction of sp³-hybridized carbons (Fsp3) is 0.926. The second kappa shape index (κ2) is 7.21. The molecule has 4 rings (SSSR count). The van der Waals surface area contributed by atoms with Gasteiger partial charge in [-0.1, -0.05) is 65.5 Å². The van der Waals surface area contributed by atoms with Crippen LogP contribution in [0.1, 0.15) is 106 Å². The molecule has 0 spiro atoms. The van der Waals surface area contributed by atoms with E-state index in [4.69, 9.17) is 0 Å². The van der Waals surface area contributed by atoms with Crippen molar-refractivity contribution in [1.29, 1.82) is 0 Å². The molecule has 0 saturated heterocycles. The van der Waals surface area contributed by atoms with Crippen LogP contribution in [-0.4, -0.2) is 0 Å². The van der Waals surface area contributed by atoms with Gasteiger partial charge in [-0.25, -0.2) is 0 Å². The quantitative estimate of drug-likeness (QED) is 0.438. The van der Waals surface area contributed by atoms with Crippen LogP contribution in [0.2, 0.25) is 0 Å². The third-order valence-corrected chi connectivity index (χ3v) is 10.7. The molecule has 9 atom stereocenters. The third kappa shape index (κ3) is 2.98. The minimum Gasteiger partial charge on any atom is -0.0881 e. The summed E-state index contributed by atoms with van der Waals surface area (Å²) >= 11 is 0. The summed E-state index contributed by atoms with van der Waals surface area (Å²) < 4.78 is 0. The van der Waals surface area contributed by atoms with E-state index in [-0.39, 0.29) is 0 Å². The van der Waals surface area contributed by atoms with E-state index >= 15 is 0 Å². The molecular weight excluding hydrogens is 324 g/mol. The van der Waals surface area contributed by atoms with Gasteiger partial charge in [-0.15, -0.1) is 0 Å². The van der Waals surface area contributed by atoms with Gasteiger partial charge in [0.15, 0.2) is 0 Å². The highest BCUT2D eigenvalue weighted by Gasteiger charge is 2.61. The Balaban J connectivity index is 1.64. The molecule has 0 heteroatoms. The van der Waals surface area contributed by atoms with Crippen molar-refractivity contribution in [2.24, 2.45) is 52.3 Å². The van der Waals surface area contributed by atoms with Crippen LogP contribution in [0, 0.1) is 52.3 Å². The third-order valence-electron chi connectivity index (χ3n) is 10.7. The van der Waals surface area contributed by atoms with Crippen LogP contribution in [0.3, 0.4) is 0 Å². The minimum absolute atomic E-state index is 0.603. The molecule has 0 aromatic carbocycles. The summed E-state index contributed by atoms with van der Waals surface area (Å²) in [7, 11) is 0. The number of rotatable bonds is 3. The van der Waals surface area contributed by atoms with E-state index < -0.39 is 0 Å². The highest BCUT2D eigenvalue weighted by atomic mass is 14.7. The summed E-state index contributed by atoms with van der Waals surface area (Å²) in [4.78, 5) is 0. The van der Waals surface area contributed by atoms with Crippen LogP contribution in [0.25, 0.3) is 0 Å². The SMILES string of the molecule is CC=C1CC2C3CC[C@H]([C@H](C)CCC)[C@@]3(C)CCC2[C@@]2(C)CCC(C)C[C@@H]12. The number of fused-ring (bicyclic) bond motifs is 5. The Morgan fingerprint density at radius 3 is 2.44 bits per heavy atom. The summed E-state index contributed by atoms with van der Waals surface area (Å²) in [6.45, 7) is 15.3. The lowest BCUT2D eigenvalue weighted by Gasteiger charge is -2.62. The topological polar surface area (TPSA) is 0 Å². The molecule has 0 N–H and O–H groups in total. The van der Waals surface area contributed by atoms with Crippen LogP contribution >= 0.6 is 0 Å². The first-order valence-electron chi connectivity index (χ1n) is 12.5. The van der Waals surface area contributed by atoms with Crippen molar-refractivity contribution in [3.63, 3.8) is 0 Å². The second-order valence-corrected chi connectivity index (χ2v) is 11.9. The molecule has 0 amide bonds. The maximum atomic E-state index is 2.73. The van der Waals surface area contributed by atoms with Crippen molar-refractivity contribution in [1.82, 2.24) is 0 Å². The van der Waals surface area contributed by atoms with E-state index in [2.05, 4.69) is 47.6 Å². The van der Waals surface area contributed by atoms with Crippen LogP contribution in [0.15, 0.2) is 11.6 Å². The molecule has 0 aliphatic heterocycles. The summed E-state index contributed by atoms with van der Waals surface area (Å²) in [5, 5.41) is 0. The zero-order valence-corrected chi connectivity index (χ0v) is 19.2. The van der Waals surface area contributed by atoms with Crippen molar-refractivity contribution in [2.75, 3.05) is 0 Å². The van der Waals surface area contributed by atoms with Crippen molar-refractivity contribution in [3.05, 3.63) is 11.6 Å². The monoisotopic (exact) mass is 370 g/mol. The molecule has 4 aliphatic carbocycles. The van der Waals surface area contributed by atoms with Crippen LogP contribution in [0.4, 0.5) is 0 Å². The Kier molecular flexibility index (Phi) is 5.35. The van der Waals surface area contributed by atoms with Gasteiger partial charge in [-0.3, -0.25) is 0 Å². The van der Waals surface area contributed by atoms with E-state index in [1.165, 1.54) is 64.2 Å². The van der Waals surface area contributed by atoms with Crippen LogP contribution in [0.5, 0.6) is 0 Å². The van der Waals surface area contributed by atoms with Crippen molar-refractivity contribution in [3.8, 4) is 0 Å². The lowest BCUT2D eigenvalue weighted by Crippen LogP contribution is -2.54. The largest absolute Gasteiger partial charge is 0.0881 e. The molecule has 0 aromatic heterocycles. The van der Waals surface area contributed by atoms with E-state index in [1.807, 2.05) is 5.57 Å². The normalized spacial score (nSPS) is 52.1. The predicted molar refractivity (Wildman–Crippen MR) is 118 cm³/mol. The fourth-order valence-corrected chi connectivity index (χ4v) is 9.30. The average molecular weight is 371 g/mol. The van der Waals surface area contributed by atoms with Gasteiger partial charge in [0.2, 0.25) is 0 Å². The first-order valence-corrected chi connectivity index (χ1v) is 12.5. The van der Waals surface area contributed by atoms with Gasteiger partial charge >= 0.3 is 0 Å². The predicted octanol–water partition coefficient (Wildman–Crippen LogP) is 8.27. The van der Waals surface area contributed by atoms with Gasteiger partial charge in [-0.05, 0) is 104 Å². The number of allylic oxidation sites excluding steroid dienone is 2. The Morgan fingerprint density at radius 2 is 1.74 bits per heavy atom. The molecule has 0 radical (unpaired) electrons. The van der Waals surface area contributed by atoms with Crippen LogP contribution in [-0.2, 0) is 0 Å². The second-order valence-electron chi connectivity index (χ2n) is 11.9. The summed E-state index contributed by atoms with van der Waals surface area (Å²) in [6.07, 6.45) is 17.4. The minimum atomic E-state index is 0.603. The molecule has 0 heterocycles. The Labute approximate surface area is 170 Å². The zero-order valence-electron chi connectivity index (χ0n) is 19.2. The maximum absolute atomic E-state index is 2.73. The molecular formula is C27H46. The van der Waals surface area contributed by atoms with Gasteiger partial charge < -0.3 is 0 Å². The molecule has 4 unspecified atom stereocenters. The molecule has 27 heavy (non-hydrogen) atoms. The molecule has 0 nitrogen and oxygen atoms in total. The van der Waals surface area contributed by atoms with Crippen molar-refractivity contribution < 1.29 is 0 Å². The molecule has 4 saturated carbocycles. The Morgan fingerprint density at radius 1 is 1.04 bits per heavy atom. The van der Waals surface area contributed by atoms with Gasteiger partial charge in [0.1, 0.15) is 0 Å². The lowest BCUT2D eigenvalue weighted by molar-refractivity contribution is -0.0994. The average Bonchev–Trinajstić information content (AvgIpc) is 2.99. The van der Waals surface area contributed by atoms with Crippen molar-refractivity contribution >= 4 is 0 Å². The maximum Gasteiger partial charge on any atom is -0.0144 e. The first kappa shape index (κ1) is 20.0. The highest BCUT2D eigenvalue weighted by molar-refractivity contribution is 5.22. The Hall–Kier alpha value is -0.260. The molecule has 4 aliphatic rings. The summed E-state index contributed by atoms with van der Waals surface area (Å²) in [6, 6.07) is 0. The molecule has 0 bridgehead atoms. The van der Waals surface area contributed by atoms with Gasteiger partial charge in [-0.2, -0.15) is 0 Å². The van der Waals surface area contributed by atoms with Gasteiger partial charge in [0.25, 0.3) is 0 Å². The van der Waals surface area contributed by atoms with Gasteiger partial charge in [0.05, 0.1) is 0 Å². The lowest BCUT2D eigenvalue weighted by atomic mass is 9.43. The van der Waals surface area contributed by atoms with E-state index in [1.54, 1.807) is 0 Å². The smallest absolute Gasteiger partial charge is 0.0144 e. The van der Waals surface area contributed by atoms with E-state index in [9.17, 15) is 0 Å². The highest BCUT2D eigenvalue weighted by Crippen LogP contribution is 2.69. The fourth-order valence-electron chi connectivity index (χ4n) is 9.30. The number of hydrogen-bond acceptors (Lipinski definition) is 0.